The van der Waals surface area contributed by atoms with Crippen molar-refractivity contribution in [3.63, 3.8) is 0 Å². The molecule has 1 atom stereocenters. The zero-order valence-electron chi connectivity index (χ0n) is 19.8. The van der Waals surface area contributed by atoms with E-state index < -0.39 is 12.1 Å². The van der Waals surface area contributed by atoms with Crippen LogP contribution >= 0.6 is 0 Å². The summed E-state index contributed by atoms with van der Waals surface area (Å²) in [5.41, 5.74) is 2.28. The molecule has 7 heteroatoms. The average Bonchev–Trinajstić information content (AvgIpc) is 2.81. The molecule has 0 radical (unpaired) electrons. The molecule has 180 valence electrons. The minimum atomic E-state index is -0.829. The molecule has 0 aliphatic heterocycles. The summed E-state index contributed by atoms with van der Waals surface area (Å²) in [6, 6.07) is 22.1. The quantitative estimate of drug-likeness (QED) is 0.338. The molecule has 0 saturated carbocycles. The summed E-state index contributed by atoms with van der Waals surface area (Å²) in [6.45, 7) is 4.60. The van der Waals surface area contributed by atoms with Gasteiger partial charge in [-0.05, 0) is 67.1 Å². The summed E-state index contributed by atoms with van der Waals surface area (Å²) in [6.07, 6.45) is 1.25. The third kappa shape index (κ3) is 9.29. The number of aliphatic hydroxyl groups excluding tert-OH is 1. The van der Waals surface area contributed by atoms with Crippen LogP contribution in [0.15, 0.2) is 60.7 Å². The second-order valence-electron chi connectivity index (χ2n) is 9.28. The average molecular weight is 485 g/mol. The SMILES string of the molecule is CC(C)(Cc1ccc2ccccc2c1)NCC(O)COc1cc(CCCC(=O)O)ccc1C#N.[NaH]. The first-order valence-corrected chi connectivity index (χ1v) is 11.5. The van der Waals surface area contributed by atoms with Gasteiger partial charge in [-0.25, -0.2) is 0 Å². The second-order valence-corrected chi connectivity index (χ2v) is 9.28. The number of aryl methyl sites for hydroxylation is 1. The molecule has 3 N–H and O–H groups in total. The monoisotopic (exact) mass is 484 g/mol. The van der Waals surface area contributed by atoms with E-state index in [0.29, 0.717) is 30.7 Å². The molecule has 0 aliphatic rings. The zero-order chi connectivity index (χ0) is 24.6. The van der Waals surface area contributed by atoms with Gasteiger partial charge in [0, 0.05) is 18.5 Å². The number of aliphatic hydroxyl groups is 1. The van der Waals surface area contributed by atoms with Crippen molar-refractivity contribution < 1.29 is 19.7 Å². The normalized spacial score (nSPS) is 11.9. The Morgan fingerprint density at radius 3 is 2.51 bits per heavy atom. The Kier molecular flexibility index (Phi) is 11.2. The Labute approximate surface area is 229 Å². The van der Waals surface area contributed by atoms with Gasteiger partial charge in [-0.15, -0.1) is 0 Å². The maximum atomic E-state index is 10.7. The number of nitrogens with one attached hydrogen (secondary N) is 1. The van der Waals surface area contributed by atoms with Crippen LogP contribution in [0.2, 0.25) is 0 Å². The number of rotatable bonds is 12. The molecule has 0 amide bonds. The summed E-state index contributed by atoms with van der Waals surface area (Å²) in [5.74, 6) is -0.422. The first kappa shape index (κ1) is 28.8. The van der Waals surface area contributed by atoms with E-state index in [1.807, 2.05) is 12.1 Å². The van der Waals surface area contributed by atoms with Gasteiger partial charge in [0.05, 0.1) is 5.56 Å². The van der Waals surface area contributed by atoms with E-state index in [1.54, 1.807) is 18.2 Å². The molecule has 6 nitrogen and oxygen atoms in total. The van der Waals surface area contributed by atoms with Crippen LogP contribution in [0.4, 0.5) is 0 Å². The van der Waals surface area contributed by atoms with Crippen molar-refractivity contribution >= 4 is 46.3 Å². The summed E-state index contributed by atoms with van der Waals surface area (Å²) in [7, 11) is 0. The Hall–Kier alpha value is -2.40. The zero-order valence-corrected chi connectivity index (χ0v) is 19.8. The van der Waals surface area contributed by atoms with Crippen molar-refractivity contribution in [2.75, 3.05) is 13.2 Å². The van der Waals surface area contributed by atoms with Crippen LogP contribution in [-0.4, -0.2) is 70.5 Å². The number of carboxylic acid groups (broad SMARTS) is 1. The van der Waals surface area contributed by atoms with E-state index in [-0.39, 0.29) is 48.1 Å². The predicted octanol–water partition coefficient (Wildman–Crippen LogP) is 3.82. The predicted molar refractivity (Wildman–Crippen MR) is 140 cm³/mol. The molecular weight excluding hydrogens is 451 g/mol. The number of carboxylic acids is 1. The fourth-order valence-corrected chi connectivity index (χ4v) is 3.94. The van der Waals surface area contributed by atoms with E-state index in [0.717, 1.165) is 12.0 Å². The molecule has 1 unspecified atom stereocenters. The molecule has 0 saturated heterocycles. The maximum absolute atomic E-state index is 10.7. The Bertz CT molecular complexity index is 1170. The van der Waals surface area contributed by atoms with Crippen LogP contribution in [-0.2, 0) is 17.6 Å². The van der Waals surface area contributed by atoms with Gasteiger partial charge >= 0.3 is 35.5 Å². The van der Waals surface area contributed by atoms with Crippen LogP contribution in [0.1, 0.15) is 43.4 Å². The van der Waals surface area contributed by atoms with Crippen LogP contribution in [0, 0.1) is 11.3 Å². The molecule has 3 rings (SSSR count). The number of nitrogens with zero attached hydrogens (tertiary/aromatic N) is 1. The van der Waals surface area contributed by atoms with Gasteiger partial charge in [0.2, 0.25) is 0 Å². The first-order chi connectivity index (χ1) is 16.3. The molecule has 0 aliphatic carbocycles. The van der Waals surface area contributed by atoms with Gasteiger partial charge < -0.3 is 20.3 Å². The molecule has 35 heavy (non-hydrogen) atoms. The first-order valence-electron chi connectivity index (χ1n) is 11.5. The van der Waals surface area contributed by atoms with Gasteiger partial charge in [0.25, 0.3) is 0 Å². The summed E-state index contributed by atoms with van der Waals surface area (Å²) in [4.78, 5) is 10.7. The van der Waals surface area contributed by atoms with Gasteiger partial charge in [0.15, 0.2) is 0 Å². The number of aliphatic carboxylic acids is 1. The van der Waals surface area contributed by atoms with Crippen molar-refractivity contribution in [2.24, 2.45) is 0 Å². The molecule has 0 aromatic heterocycles. The summed E-state index contributed by atoms with van der Waals surface area (Å²) < 4.78 is 5.76. The fraction of sp³-hybridized carbons (Fsp3) is 0.357. The van der Waals surface area contributed by atoms with E-state index in [1.165, 1.54) is 16.3 Å². The Morgan fingerprint density at radius 2 is 1.80 bits per heavy atom. The van der Waals surface area contributed by atoms with Crippen LogP contribution < -0.4 is 10.1 Å². The number of fused-ring (bicyclic) bond motifs is 1. The number of nitriles is 1. The topological polar surface area (TPSA) is 103 Å². The van der Waals surface area contributed by atoms with E-state index >= 15 is 0 Å². The van der Waals surface area contributed by atoms with Gasteiger partial charge in [-0.1, -0.05) is 48.5 Å². The Balaban J connectivity index is 0.00000432. The van der Waals surface area contributed by atoms with Crippen molar-refractivity contribution in [1.82, 2.24) is 5.32 Å². The summed E-state index contributed by atoms with van der Waals surface area (Å²) >= 11 is 0. The van der Waals surface area contributed by atoms with Crippen molar-refractivity contribution in [2.45, 2.75) is 51.2 Å². The number of carbonyl (C=O) groups is 1. The molecule has 0 bridgehead atoms. The van der Waals surface area contributed by atoms with Crippen molar-refractivity contribution in [3.8, 4) is 11.8 Å². The minimum absolute atomic E-state index is 0. The van der Waals surface area contributed by atoms with E-state index in [9.17, 15) is 15.2 Å². The molecule has 3 aromatic carbocycles. The van der Waals surface area contributed by atoms with E-state index in [4.69, 9.17) is 9.84 Å². The van der Waals surface area contributed by atoms with Crippen molar-refractivity contribution in [1.29, 1.82) is 5.26 Å². The van der Waals surface area contributed by atoms with Gasteiger partial charge in [-0.2, -0.15) is 5.26 Å². The molecule has 0 spiro atoms. The molecule has 3 aromatic rings. The van der Waals surface area contributed by atoms with E-state index in [2.05, 4.69) is 55.6 Å². The van der Waals surface area contributed by atoms with Gasteiger partial charge in [0.1, 0.15) is 24.5 Å². The number of benzene rings is 3. The fourth-order valence-electron chi connectivity index (χ4n) is 3.94. The third-order valence-electron chi connectivity index (χ3n) is 5.73. The van der Waals surface area contributed by atoms with Crippen LogP contribution in [0.5, 0.6) is 5.75 Å². The molecular formula is C28H33N2NaO4. The number of hydrogen-bond donors (Lipinski definition) is 3. The third-order valence-corrected chi connectivity index (χ3v) is 5.73. The van der Waals surface area contributed by atoms with Crippen LogP contribution in [0.25, 0.3) is 10.8 Å². The van der Waals surface area contributed by atoms with Crippen molar-refractivity contribution in [3.05, 3.63) is 77.4 Å². The molecule has 0 heterocycles. The Morgan fingerprint density at radius 1 is 1.09 bits per heavy atom. The molecule has 0 fully saturated rings. The number of β-amino-alcohol motifs (C(OH)–C–C–N with tert-alkyl or cyclic N) is 1. The number of ether oxygens (including phenoxy) is 1. The van der Waals surface area contributed by atoms with Crippen LogP contribution in [0.3, 0.4) is 0 Å². The number of hydrogen-bond acceptors (Lipinski definition) is 5. The standard InChI is InChI=1S/C28H32N2O4.Na.H/c1-28(2,16-21-11-12-22-7-3-4-8-23(22)14-21)30-18-25(31)19-34-26-15-20(6-5-9-27(32)33)10-13-24(26)17-29;;/h3-4,7-8,10-15,25,30-31H,5-6,9,16,18-19H2,1-2H3,(H,32,33);;. The van der Waals surface area contributed by atoms with Gasteiger partial charge in [-0.3, -0.25) is 4.79 Å². The second kappa shape index (κ2) is 13.6. The summed E-state index contributed by atoms with van der Waals surface area (Å²) in [5, 5.41) is 34.5.